The number of nitrogen functional groups attached to an aromatic ring is 1. The van der Waals surface area contributed by atoms with Crippen molar-refractivity contribution in [3.8, 4) is 11.1 Å². The predicted molar refractivity (Wildman–Crippen MR) is 88.1 cm³/mol. The summed E-state index contributed by atoms with van der Waals surface area (Å²) in [5.41, 5.74) is 9.15. The molecule has 2 fully saturated rings. The van der Waals surface area contributed by atoms with Gasteiger partial charge >= 0.3 is 6.09 Å². The fourth-order valence-electron chi connectivity index (χ4n) is 2.70. The Balaban J connectivity index is 1.50. The Labute approximate surface area is 134 Å². The van der Waals surface area contributed by atoms with Crippen LogP contribution < -0.4 is 11.1 Å². The van der Waals surface area contributed by atoms with Crippen molar-refractivity contribution < 1.29 is 9.53 Å². The van der Waals surface area contributed by atoms with Crippen LogP contribution in [0.3, 0.4) is 0 Å². The molecule has 0 saturated heterocycles. The lowest BCUT2D eigenvalue weighted by Crippen LogP contribution is -2.27. The van der Waals surface area contributed by atoms with Crippen LogP contribution in [-0.2, 0) is 4.74 Å². The number of ether oxygens (including phenoxy) is 1. The van der Waals surface area contributed by atoms with Gasteiger partial charge < -0.3 is 10.5 Å². The van der Waals surface area contributed by atoms with Gasteiger partial charge in [-0.1, -0.05) is 0 Å². The zero-order valence-electron chi connectivity index (χ0n) is 12.9. The molecule has 1 amide bonds. The number of amides is 1. The van der Waals surface area contributed by atoms with Crippen molar-refractivity contribution in [3.63, 3.8) is 0 Å². The van der Waals surface area contributed by atoms with E-state index in [-0.39, 0.29) is 6.10 Å². The van der Waals surface area contributed by atoms with Gasteiger partial charge in [0, 0.05) is 23.1 Å². The minimum atomic E-state index is -0.417. The van der Waals surface area contributed by atoms with E-state index in [4.69, 9.17) is 10.5 Å². The first-order valence-corrected chi connectivity index (χ1v) is 8.10. The van der Waals surface area contributed by atoms with Gasteiger partial charge in [-0.05, 0) is 55.9 Å². The van der Waals surface area contributed by atoms with Crippen LogP contribution >= 0.6 is 0 Å². The molecule has 120 valence electrons. The molecule has 0 spiro atoms. The Bertz CT molecular complexity index is 732. The van der Waals surface area contributed by atoms with Crippen LogP contribution in [0.15, 0.2) is 30.6 Å². The monoisotopic (exact) mass is 312 g/mol. The van der Waals surface area contributed by atoms with Crippen molar-refractivity contribution in [1.29, 1.82) is 0 Å². The standard InChI is InChI=1S/C17H20N4O2/c18-13-6-11(12-9-19-21(10-12)15-4-5-15)7-14(8-13)20-17(22)23-16-2-1-3-16/h6-10,15-16H,1-5,18H2,(H,20,22). The third kappa shape index (κ3) is 3.16. The fraction of sp³-hybridized carbons (Fsp3) is 0.412. The topological polar surface area (TPSA) is 82.2 Å². The van der Waals surface area contributed by atoms with Crippen LogP contribution in [0.2, 0.25) is 0 Å². The molecule has 0 aliphatic heterocycles. The molecule has 6 nitrogen and oxygen atoms in total. The first kappa shape index (κ1) is 14.1. The third-order valence-electron chi connectivity index (χ3n) is 4.38. The van der Waals surface area contributed by atoms with Crippen molar-refractivity contribution in [2.75, 3.05) is 11.1 Å². The minimum absolute atomic E-state index is 0.0623. The number of hydrogen-bond donors (Lipinski definition) is 2. The lowest BCUT2D eigenvalue weighted by atomic mass is 9.96. The Hall–Kier alpha value is -2.50. The molecule has 1 aromatic heterocycles. The lowest BCUT2D eigenvalue weighted by molar-refractivity contribution is 0.0624. The highest BCUT2D eigenvalue weighted by molar-refractivity contribution is 5.87. The second-order valence-electron chi connectivity index (χ2n) is 6.37. The summed E-state index contributed by atoms with van der Waals surface area (Å²) < 4.78 is 7.31. The van der Waals surface area contributed by atoms with E-state index in [1.807, 2.05) is 29.2 Å². The van der Waals surface area contributed by atoms with Gasteiger partial charge in [0.05, 0.1) is 12.2 Å². The molecular formula is C17H20N4O2. The smallest absolute Gasteiger partial charge is 0.411 e. The van der Waals surface area contributed by atoms with Crippen molar-refractivity contribution in [1.82, 2.24) is 9.78 Å². The van der Waals surface area contributed by atoms with Crippen LogP contribution in [0.25, 0.3) is 11.1 Å². The summed E-state index contributed by atoms with van der Waals surface area (Å²) in [6.07, 6.45) is 8.94. The molecular weight excluding hydrogens is 292 g/mol. The van der Waals surface area contributed by atoms with E-state index in [0.717, 1.165) is 30.4 Å². The third-order valence-corrected chi connectivity index (χ3v) is 4.38. The maximum Gasteiger partial charge on any atom is 0.411 e. The zero-order valence-corrected chi connectivity index (χ0v) is 12.9. The predicted octanol–water partition coefficient (Wildman–Crippen LogP) is 3.57. The molecule has 1 heterocycles. The Morgan fingerprint density at radius 3 is 2.74 bits per heavy atom. The van der Waals surface area contributed by atoms with Gasteiger partial charge in [0.25, 0.3) is 0 Å². The second-order valence-corrected chi connectivity index (χ2v) is 6.37. The van der Waals surface area contributed by atoms with E-state index in [0.29, 0.717) is 17.4 Å². The molecule has 1 aromatic carbocycles. The summed E-state index contributed by atoms with van der Waals surface area (Å²) in [5, 5.41) is 7.16. The molecule has 2 aliphatic carbocycles. The largest absolute Gasteiger partial charge is 0.446 e. The number of aromatic nitrogens is 2. The van der Waals surface area contributed by atoms with Crippen LogP contribution in [0, 0.1) is 0 Å². The van der Waals surface area contributed by atoms with Gasteiger partial charge in [-0.3, -0.25) is 10.00 Å². The van der Waals surface area contributed by atoms with Crippen molar-refractivity contribution >= 4 is 17.5 Å². The zero-order chi connectivity index (χ0) is 15.8. The van der Waals surface area contributed by atoms with E-state index in [1.54, 1.807) is 6.07 Å². The van der Waals surface area contributed by atoms with Gasteiger partial charge in [-0.25, -0.2) is 4.79 Å². The normalized spacial score (nSPS) is 17.6. The first-order chi connectivity index (χ1) is 11.2. The summed E-state index contributed by atoms with van der Waals surface area (Å²) in [6, 6.07) is 6.06. The van der Waals surface area contributed by atoms with Crippen molar-refractivity contribution in [2.24, 2.45) is 0 Å². The van der Waals surface area contributed by atoms with Gasteiger partial charge in [-0.15, -0.1) is 0 Å². The number of carbonyl (C=O) groups excluding carboxylic acids is 1. The number of rotatable bonds is 4. The van der Waals surface area contributed by atoms with Crippen molar-refractivity contribution in [2.45, 2.75) is 44.2 Å². The Morgan fingerprint density at radius 1 is 1.22 bits per heavy atom. The maximum atomic E-state index is 11.9. The minimum Gasteiger partial charge on any atom is -0.446 e. The molecule has 23 heavy (non-hydrogen) atoms. The lowest BCUT2D eigenvalue weighted by Gasteiger charge is -2.25. The molecule has 0 radical (unpaired) electrons. The number of anilines is 2. The SMILES string of the molecule is Nc1cc(NC(=O)OC2CCC2)cc(-c2cnn(C3CC3)c2)c1. The van der Waals surface area contributed by atoms with Gasteiger partial charge in [0.15, 0.2) is 0 Å². The fourth-order valence-corrected chi connectivity index (χ4v) is 2.70. The van der Waals surface area contributed by atoms with E-state index in [1.165, 1.54) is 12.8 Å². The van der Waals surface area contributed by atoms with Crippen LogP contribution in [0.4, 0.5) is 16.2 Å². The summed E-state index contributed by atoms with van der Waals surface area (Å²) in [6.45, 7) is 0. The number of nitrogens with two attached hydrogens (primary N) is 1. The molecule has 0 unspecified atom stereocenters. The summed E-state index contributed by atoms with van der Waals surface area (Å²) >= 11 is 0. The van der Waals surface area contributed by atoms with E-state index in [2.05, 4.69) is 10.4 Å². The van der Waals surface area contributed by atoms with E-state index >= 15 is 0 Å². The quantitative estimate of drug-likeness (QED) is 0.846. The number of benzene rings is 1. The molecule has 0 bridgehead atoms. The highest BCUT2D eigenvalue weighted by atomic mass is 16.6. The highest BCUT2D eigenvalue weighted by Gasteiger charge is 2.24. The van der Waals surface area contributed by atoms with E-state index < -0.39 is 6.09 Å². The molecule has 2 saturated carbocycles. The number of carbonyl (C=O) groups is 1. The first-order valence-electron chi connectivity index (χ1n) is 8.10. The Morgan fingerprint density at radius 2 is 2.04 bits per heavy atom. The number of nitrogens with zero attached hydrogens (tertiary/aromatic N) is 2. The molecule has 3 N–H and O–H groups in total. The van der Waals surface area contributed by atoms with Gasteiger partial charge in [0.1, 0.15) is 6.10 Å². The summed E-state index contributed by atoms with van der Waals surface area (Å²) in [7, 11) is 0. The number of nitrogens with one attached hydrogen (secondary N) is 1. The van der Waals surface area contributed by atoms with Crippen LogP contribution in [0.5, 0.6) is 0 Å². The molecule has 6 heteroatoms. The maximum absolute atomic E-state index is 11.9. The molecule has 2 aromatic rings. The van der Waals surface area contributed by atoms with Crippen LogP contribution in [-0.4, -0.2) is 22.0 Å². The second kappa shape index (κ2) is 5.61. The average molecular weight is 312 g/mol. The average Bonchev–Trinajstić information content (AvgIpc) is 3.20. The van der Waals surface area contributed by atoms with Gasteiger partial charge in [0.2, 0.25) is 0 Å². The molecule has 4 rings (SSSR count). The van der Waals surface area contributed by atoms with Gasteiger partial charge in [-0.2, -0.15) is 5.10 Å². The Kier molecular flexibility index (Phi) is 3.44. The van der Waals surface area contributed by atoms with Crippen LogP contribution in [0.1, 0.15) is 38.1 Å². The highest BCUT2D eigenvalue weighted by Crippen LogP contribution is 2.35. The van der Waals surface area contributed by atoms with Crippen molar-refractivity contribution in [3.05, 3.63) is 30.6 Å². The summed E-state index contributed by atoms with van der Waals surface area (Å²) in [5.74, 6) is 0. The number of hydrogen-bond acceptors (Lipinski definition) is 4. The van der Waals surface area contributed by atoms with E-state index in [9.17, 15) is 4.79 Å². The molecule has 0 atom stereocenters. The summed E-state index contributed by atoms with van der Waals surface area (Å²) in [4.78, 5) is 11.9. The molecule has 2 aliphatic rings.